The van der Waals surface area contributed by atoms with E-state index in [0.717, 1.165) is 39.0 Å². The number of nitrogens with zero attached hydrogens (tertiary/aromatic N) is 3. The molecule has 2 fully saturated rings. The van der Waals surface area contributed by atoms with Crippen LogP contribution in [0.15, 0.2) is 18.2 Å². The summed E-state index contributed by atoms with van der Waals surface area (Å²) in [7, 11) is 1.87. The van der Waals surface area contributed by atoms with Crippen LogP contribution < -0.4 is 10.2 Å². The normalized spacial score (nSPS) is 21.2. The SMILES string of the molecule is CC(C)N(C)c1ccc(NC(=O)N2CCCN3CCC[C@@H]3C2)cc1F. The van der Waals surface area contributed by atoms with Crippen LogP contribution in [0.3, 0.4) is 0 Å². The molecule has 2 heterocycles. The van der Waals surface area contributed by atoms with E-state index in [1.807, 2.05) is 30.7 Å². The molecule has 0 aliphatic carbocycles. The Morgan fingerprint density at radius 1 is 1.28 bits per heavy atom. The predicted octanol–water partition coefficient (Wildman–Crippen LogP) is 3.37. The minimum Gasteiger partial charge on any atom is -0.370 e. The Kier molecular flexibility index (Phi) is 5.47. The molecule has 138 valence electrons. The number of hydrogen-bond donors (Lipinski definition) is 1. The lowest BCUT2D eigenvalue weighted by atomic mass is 10.2. The lowest BCUT2D eigenvalue weighted by Gasteiger charge is -2.26. The van der Waals surface area contributed by atoms with E-state index in [2.05, 4.69) is 10.2 Å². The Bertz CT molecular complexity index is 621. The second kappa shape index (κ2) is 7.60. The number of nitrogens with one attached hydrogen (secondary N) is 1. The molecule has 0 radical (unpaired) electrons. The number of carbonyl (C=O) groups is 1. The van der Waals surface area contributed by atoms with Gasteiger partial charge in [-0.1, -0.05) is 0 Å². The average Bonchev–Trinajstić information content (AvgIpc) is 2.91. The third-order valence-corrected chi connectivity index (χ3v) is 5.44. The van der Waals surface area contributed by atoms with E-state index in [9.17, 15) is 9.18 Å². The molecule has 2 aliphatic rings. The third-order valence-electron chi connectivity index (χ3n) is 5.44. The van der Waals surface area contributed by atoms with E-state index in [0.29, 0.717) is 17.4 Å². The summed E-state index contributed by atoms with van der Waals surface area (Å²) in [5.74, 6) is -0.313. The van der Waals surface area contributed by atoms with E-state index in [1.165, 1.54) is 12.5 Å². The summed E-state index contributed by atoms with van der Waals surface area (Å²) in [5, 5.41) is 2.87. The van der Waals surface area contributed by atoms with Gasteiger partial charge in [0.25, 0.3) is 0 Å². The molecule has 0 saturated carbocycles. The van der Waals surface area contributed by atoms with E-state index < -0.39 is 0 Å². The molecule has 3 rings (SSSR count). The molecule has 2 aliphatic heterocycles. The van der Waals surface area contributed by atoms with Crippen molar-refractivity contribution < 1.29 is 9.18 Å². The summed E-state index contributed by atoms with van der Waals surface area (Å²) < 4.78 is 14.4. The minimum absolute atomic E-state index is 0.127. The maximum atomic E-state index is 14.4. The van der Waals surface area contributed by atoms with E-state index in [-0.39, 0.29) is 17.9 Å². The number of fused-ring (bicyclic) bond motifs is 1. The van der Waals surface area contributed by atoms with Gasteiger partial charge in [0.15, 0.2) is 0 Å². The minimum atomic E-state index is -0.313. The van der Waals surface area contributed by atoms with Crippen LogP contribution in [0.25, 0.3) is 0 Å². The zero-order valence-corrected chi connectivity index (χ0v) is 15.5. The average molecular weight is 348 g/mol. The van der Waals surface area contributed by atoms with Crippen molar-refractivity contribution in [2.75, 3.05) is 43.4 Å². The molecule has 0 unspecified atom stereocenters. The highest BCUT2D eigenvalue weighted by molar-refractivity contribution is 5.89. The van der Waals surface area contributed by atoms with Crippen molar-refractivity contribution in [3.63, 3.8) is 0 Å². The summed E-state index contributed by atoms with van der Waals surface area (Å²) in [6.45, 7) is 7.77. The highest BCUT2D eigenvalue weighted by atomic mass is 19.1. The van der Waals surface area contributed by atoms with Crippen LogP contribution in [0.5, 0.6) is 0 Å². The maximum Gasteiger partial charge on any atom is 0.321 e. The number of amides is 2. The molecule has 1 aromatic rings. The fourth-order valence-electron chi connectivity index (χ4n) is 3.74. The fourth-order valence-corrected chi connectivity index (χ4v) is 3.74. The smallest absolute Gasteiger partial charge is 0.321 e. The molecular formula is C19H29FN4O. The standard InChI is InChI=1S/C19H29FN4O/c1-14(2)22(3)18-8-7-15(12-17(18)20)21-19(25)24-11-5-10-23-9-4-6-16(23)13-24/h7-8,12,14,16H,4-6,9-11,13H2,1-3H3,(H,21,25)/t16-/m1/s1. The summed E-state index contributed by atoms with van der Waals surface area (Å²) in [4.78, 5) is 18.9. The monoisotopic (exact) mass is 348 g/mol. The molecule has 0 aromatic heterocycles. The zero-order chi connectivity index (χ0) is 18.0. The molecule has 1 atom stereocenters. The lowest BCUT2D eigenvalue weighted by molar-refractivity contribution is 0.200. The van der Waals surface area contributed by atoms with E-state index in [1.54, 1.807) is 12.1 Å². The van der Waals surface area contributed by atoms with E-state index >= 15 is 0 Å². The van der Waals surface area contributed by atoms with Crippen LogP contribution in [0, 0.1) is 5.82 Å². The van der Waals surface area contributed by atoms with Crippen LogP contribution >= 0.6 is 0 Å². The van der Waals surface area contributed by atoms with E-state index in [4.69, 9.17) is 0 Å². The maximum absolute atomic E-state index is 14.4. The quantitative estimate of drug-likeness (QED) is 0.910. The number of urea groups is 1. The van der Waals surface area contributed by atoms with Crippen molar-refractivity contribution in [3.8, 4) is 0 Å². The Labute approximate surface area is 149 Å². The molecule has 0 bridgehead atoms. The Morgan fingerprint density at radius 2 is 2.04 bits per heavy atom. The first kappa shape index (κ1) is 18.0. The van der Waals surface area contributed by atoms with Gasteiger partial charge in [0.05, 0.1) is 5.69 Å². The van der Waals surface area contributed by atoms with Crippen LogP contribution in [-0.2, 0) is 0 Å². The zero-order valence-electron chi connectivity index (χ0n) is 15.5. The first-order valence-electron chi connectivity index (χ1n) is 9.28. The fraction of sp³-hybridized carbons (Fsp3) is 0.632. The number of rotatable bonds is 3. The second-order valence-electron chi connectivity index (χ2n) is 7.43. The topological polar surface area (TPSA) is 38.8 Å². The highest BCUT2D eigenvalue weighted by Crippen LogP contribution is 2.25. The molecule has 0 spiro atoms. The van der Waals surface area contributed by atoms with Crippen molar-refractivity contribution >= 4 is 17.4 Å². The molecular weight excluding hydrogens is 319 g/mol. The van der Waals surface area contributed by atoms with Crippen molar-refractivity contribution in [3.05, 3.63) is 24.0 Å². The number of carbonyl (C=O) groups excluding carboxylic acids is 1. The molecule has 1 N–H and O–H groups in total. The molecule has 2 amide bonds. The number of halogens is 1. The van der Waals surface area contributed by atoms with Crippen LogP contribution in [0.2, 0.25) is 0 Å². The predicted molar refractivity (Wildman–Crippen MR) is 99.7 cm³/mol. The van der Waals surface area contributed by atoms with Gasteiger partial charge in [-0.05, 0) is 57.9 Å². The summed E-state index contributed by atoms with van der Waals surface area (Å²) in [6, 6.07) is 5.47. The summed E-state index contributed by atoms with van der Waals surface area (Å²) >= 11 is 0. The van der Waals surface area contributed by atoms with Gasteiger partial charge >= 0.3 is 6.03 Å². The molecule has 5 nitrogen and oxygen atoms in total. The van der Waals surface area contributed by atoms with Crippen LogP contribution in [0.1, 0.15) is 33.1 Å². The van der Waals surface area contributed by atoms with Crippen molar-refractivity contribution in [2.24, 2.45) is 0 Å². The lowest BCUT2D eigenvalue weighted by Crippen LogP contribution is -2.41. The van der Waals surface area contributed by atoms with Gasteiger partial charge < -0.3 is 15.1 Å². The number of hydrogen-bond acceptors (Lipinski definition) is 3. The van der Waals surface area contributed by atoms with Crippen LogP contribution in [-0.4, -0.2) is 61.1 Å². The molecule has 25 heavy (non-hydrogen) atoms. The Morgan fingerprint density at radius 3 is 2.76 bits per heavy atom. The third kappa shape index (κ3) is 4.06. The first-order valence-corrected chi connectivity index (χ1v) is 9.28. The van der Waals surface area contributed by atoms with Gasteiger partial charge in [-0.25, -0.2) is 9.18 Å². The van der Waals surface area contributed by atoms with Gasteiger partial charge in [-0.2, -0.15) is 0 Å². The van der Waals surface area contributed by atoms with Gasteiger partial charge in [0.1, 0.15) is 5.82 Å². The van der Waals surface area contributed by atoms with Crippen molar-refractivity contribution in [1.82, 2.24) is 9.80 Å². The first-order chi connectivity index (χ1) is 12.0. The van der Waals surface area contributed by atoms with Crippen molar-refractivity contribution in [2.45, 2.75) is 45.2 Å². The van der Waals surface area contributed by atoms with Gasteiger partial charge in [0.2, 0.25) is 0 Å². The summed E-state index contributed by atoms with van der Waals surface area (Å²) in [6.07, 6.45) is 3.38. The molecule has 2 saturated heterocycles. The number of anilines is 2. The largest absolute Gasteiger partial charge is 0.370 e. The molecule has 1 aromatic carbocycles. The van der Waals surface area contributed by atoms with Gasteiger partial charge in [0, 0.05) is 44.5 Å². The summed E-state index contributed by atoms with van der Waals surface area (Å²) in [5.41, 5.74) is 1.06. The second-order valence-corrected chi connectivity index (χ2v) is 7.43. The van der Waals surface area contributed by atoms with Gasteiger partial charge in [-0.15, -0.1) is 0 Å². The Balaban J connectivity index is 1.65. The Hall–Kier alpha value is -1.82. The molecule has 6 heteroatoms. The van der Waals surface area contributed by atoms with Crippen molar-refractivity contribution in [1.29, 1.82) is 0 Å². The number of benzene rings is 1. The highest BCUT2D eigenvalue weighted by Gasteiger charge is 2.30. The van der Waals surface area contributed by atoms with Gasteiger partial charge in [-0.3, -0.25) is 4.90 Å². The van der Waals surface area contributed by atoms with Crippen LogP contribution in [0.4, 0.5) is 20.6 Å².